The van der Waals surface area contributed by atoms with Gasteiger partial charge in [0.1, 0.15) is 0 Å². The second-order valence-electron chi connectivity index (χ2n) is 5.56. The average molecular weight is 284 g/mol. The third kappa shape index (κ3) is 3.13. The van der Waals surface area contributed by atoms with Gasteiger partial charge in [-0.2, -0.15) is 0 Å². The highest BCUT2D eigenvalue weighted by molar-refractivity contribution is 5.92. The zero-order valence-corrected chi connectivity index (χ0v) is 11.9. The molecule has 1 fully saturated rings. The van der Waals surface area contributed by atoms with Crippen LogP contribution in [0.1, 0.15) is 41.2 Å². The van der Waals surface area contributed by atoms with E-state index in [1.807, 2.05) is 36.9 Å². The zero-order valence-electron chi connectivity index (χ0n) is 11.9. The molecule has 2 unspecified atom stereocenters. The lowest BCUT2D eigenvalue weighted by atomic mass is 10.1. The van der Waals surface area contributed by atoms with E-state index in [-0.39, 0.29) is 5.91 Å². The number of carbonyl (C=O) groups is 1. The van der Waals surface area contributed by atoms with Crippen LogP contribution >= 0.6 is 0 Å². The fraction of sp³-hybridized carbons (Fsp3) is 0.375. The molecule has 1 aliphatic rings. The Balaban J connectivity index is 1.64. The van der Waals surface area contributed by atoms with Gasteiger partial charge >= 0.3 is 0 Å². The Morgan fingerprint density at radius 1 is 1.43 bits per heavy atom. The topological polar surface area (TPSA) is 72.9 Å². The summed E-state index contributed by atoms with van der Waals surface area (Å²) < 4.78 is 2.19. The monoisotopic (exact) mass is 284 g/mol. The third-order valence-corrected chi connectivity index (χ3v) is 4.17. The number of nitrogens with one attached hydrogen (secondary N) is 1. The number of hydrogen-bond donors (Lipinski definition) is 2. The highest BCUT2D eigenvalue weighted by Crippen LogP contribution is 2.30. The van der Waals surface area contributed by atoms with Crippen LogP contribution < -0.4 is 11.1 Å². The van der Waals surface area contributed by atoms with Crippen LogP contribution in [0, 0.1) is 0 Å². The fourth-order valence-electron chi connectivity index (χ4n) is 3.08. The van der Waals surface area contributed by atoms with Gasteiger partial charge in [-0.3, -0.25) is 4.79 Å². The summed E-state index contributed by atoms with van der Waals surface area (Å²) in [4.78, 5) is 15.3. The number of hydrogen-bond acceptors (Lipinski definition) is 3. The van der Waals surface area contributed by atoms with Gasteiger partial charge in [0.05, 0.1) is 6.33 Å². The van der Waals surface area contributed by atoms with E-state index >= 15 is 0 Å². The van der Waals surface area contributed by atoms with Gasteiger partial charge in [-0.1, -0.05) is 12.1 Å². The number of imidazole rings is 1. The normalized spacial score (nSPS) is 21.5. The first-order chi connectivity index (χ1) is 10.2. The van der Waals surface area contributed by atoms with E-state index in [0.717, 1.165) is 12.1 Å². The quantitative estimate of drug-likeness (QED) is 0.880. The van der Waals surface area contributed by atoms with Crippen molar-refractivity contribution in [1.82, 2.24) is 14.9 Å². The van der Waals surface area contributed by atoms with Crippen LogP contribution in [0.4, 0.5) is 0 Å². The maximum Gasteiger partial charge on any atom is 0.248 e. The molecule has 1 amide bonds. The Hall–Kier alpha value is -2.14. The Labute approximate surface area is 124 Å². The van der Waals surface area contributed by atoms with Gasteiger partial charge in [0.15, 0.2) is 0 Å². The maximum atomic E-state index is 11.2. The summed E-state index contributed by atoms with van der Waals surface area (Å²) in [6.07, 6.45) is 9.30. The lowest BCUT2D eigenvalue weighted by molar-refractivity contribution is 0.1000. The van der Waals surface area contributed by atoms with Gasteiger partial charge in [0, 0.05) is 36.6 Å². The van der Waals surface area contributed by atoms with Gasteiger partial charge in [-0.25, -0.2) is 4.98 Å². The van der Waals surface area contributed by atoms with E-state index in [2.05, 4.69) is 14.9 Å². The SMILES string of the molecule is NC(=O)c1cccc(CNC2CCCC2n2ccnc2)c1. The lowest BCUT2D eigenvalue weighted by Gasteiger charge is -2.22. The summed E-state index contributed by atoms with van der Waals surface area (Å²) in [5, 5.41) is 3.60. The molecule has 1 aromatic carbocycles. The molecule has 3 rings (SSSR count). The van der Waals surface area contributed by atoms with Crippen molar-refractivity contribution in [2.45, 2.75) is 37.9 Å². The van der Waals surface area contributed by atoms with Crippen LogP contribution in [0.2, 0.25) is 0 Å². The largest absolute Gasteiger partial charge is 0.366 e. The summed E-state index contributed by atoms with van der Waals surface area (Å²) in [6, 6.07) is 8.40. The van der Waals surface area contributed by atoms with Crippen molar-refractivity contribution in [2.75, 3.05) is 0 Å². The van der Waals surface area contributed by atoms with Crippen molar-refractivity contribution in [2.24, 2.45) is 5.73 Å². The fourth-order valence-corrected chi connectivity index (χ4v) is 3.08. The molecule has 0 aliphatic heterocycles. The predicted octanol–water partition coefficient (Wildman–Crippen LogP) is 1.87. The van der Waals surface area contributed by atoms with E-state index in [0.29, 0.717) is 17.6 Å². The highest BCUT2D eigenvalue weighted by Gasteiger charge is 2.27. The van der Waals surface area contributed by atoms with Crippen LogP contribution in [0.5, 0.6) is 0 Å². The summed E-state index contributed by atoms with van der Waals surface area (Å²) in [6.45, 7) is 0.747. The van der Waals surface area contributed by atoms with E-state index < -0.39 is 0 Å². The molecule has 1 heterocycles. The number of aromatic nitrogens is 2. The summed E-state index contributed by atoms with van der Waals surface area (Å²) in [5.74, 6) is -0.381. The molecule has 5 heteroatoms. The first-order valence-electron chi connectivity index (χ1n) is 7.33. The van der Waals surface area contributed by atoms with Crippen LogP contribution in [-0.4, -0.2) is 21.5 Å². The first-order valence-corrected chi connectivity index (χ1v) is 7.33. The van der Waals surface area contributed by atoms with Crippen LogP contribution in [0.15, 0.2) is 43.0 Å². The highest BCUT2D eigenvalue weighted by atomic mass is 16.1. The molecule has 1 saturated carbocycles. The molecular weight excluding hydrogens is 264 g/mol. The minimum Gasteiger partial charge on any atom is -0.366 e. The van der Waals surface area contributed by atoms with Crippen molar-refractivity contribution in [3.8, 4) is 0 Å². The Morgan fingerprint density at radius 3 is 3.10 bits per heavy atom. The second kappa shape index (κ2) is 6.10. The van der Waals surface area contributed by atoms with E-state index in [9.17, 15) is 4.79 Å². The molecule has 3 N–H and O–H groups in total. The zero-order chi connectivity index (χ0) is 14.7. The van der Waals surface area contributed by atoms with Gasteiger partial charge in [-0.15, -0.1) is 0 Å². The molecule has 0 bridgehead atoms. The molecule has 0 radical (unpaired) electrons. The molecule has 2 aromatic rings. The average Bonchev–Trinajstić information content (AvgIpc) is 3.16. The number of amides is 1. The van der Waals surface area contributed by atoms with E-state index in [4.69, 9.17) is 5.73 Å². The van der Waals surface area contributed by atoms with E-state index in [1.165, 1.54) is 19.3 Å². The van der Waals surface area contributed by atoms with Gasteiger partial charge in [0.25, 0.3) is 0 Å². The standard InChI is InChI=1S/C16H20N4O/c17-16(21)13-4-1-3-12(9-13)10-19-14-5-2-6-15(14)20-8-7-18-11-20/h1,3-4,7-9,11,14-15,19H,2,5-6,10H2,(H2,17,21). The molecule has 110 valence electrons. The van der Waals surface area contributed by atoms with Gasteiger partial charge in [0.2, 0.25) is 5.91 Å². The third-order valence-electron chi connectivity index (χ3n) is 4.17. The van der Waals surface area contributed by atoms with Crippen molar-refractivity contribution in [3.63, 3.8) is 0 Å². The van der Waals surface area contributed by atoms with Crippen molar-refractivity contribution < 1.29 is 4.79 Å². The molecule has 21 heavy (non-hydrogen) atoms. The minimum absolute atomic E-state index is 0.381. The molecule has 5 nitrogen and oxygen atoms in total. The van der Waals surface area contributed by atoms with Crippen LogP contribution in [-0.2, 0) is 6.54 Å². The molecule has 0 saturated heterocycles. The number of benzene rings is 1. The van der Waals surface area contributed by atoms with Crippen molar-refractivity contribution in [3.05, 3.63) is 54.1 Å². The Bertz CT molecular complexity index is 608. The minimum atomic E-state index is -0.381. The van der Waals surface area contributed by atoms with Gasteiger partial charge < -0.3 is 15.6 Å². The van der Waals surface area contributed by atoms with Crippen LogP contribution in [0.25, 0.3) is 0 Å². The molecule has 1 aliphatic carbocycles. The second-order valence-corrected chi connectivity index (χ2v) is 5.56. The van der Waals surface area contributed by atoms with E-state index in [1.54, 1.807) is 6.07 Å². The lowest BCUT2D eigenvalue weighted by Crippen LogP contribution is -2.33. The number of carbonyl (C=O) groups excluding carboxylic acids is 1. The molecular formula is C16H20N4O. The molecule has 0 spiro atoms. The van der Waals surface area contributed by atoms with Gasteiger partial charge in [-0.05, 0) is 37.0 Å². The first kappa shape index (κ1) is 13.8. The predicted molar refractivity (Wildman–Crippen MR) is 80.7 cm³/mol. The number of primary amides is 1. The summed E-state index contributed by atoms with van der Waals surface area (Å²) in [7, 11) is 0. The summed E-state index contributed by atoms with van der Waals surface area (Å²) in [5.41, 5.74) is 6.97. The van der Waals surface area contributed by atoms with Crippen molar-refractivity contribution in [1.29, 1.82) is 0 Å². The number of nitrogens with two attached hydrogens (primary N) is 1. The Kier molecular flexibility index (Phi) is 4.01. The number of nitrogens with zero attached hydrogens (tertiary/aromatic N) is 2. The number of rotatable bonds is 5. The smallest absolute Gasteiger partial charge is 0.248 e. The maximum absolute atomic E-state index is 11.2. The summed E-state index contributed by atoms with van der Waals surface area (Å²) >= 11 is 0. The Morgan fingerprint density at radius 2 is 2.33 bits per heavy atom. The van der Waals surface area contributed by atoms with Crippen molar-refractivity contribution >= 4 is 5.91 Å². The molecule has 1 aromatic heterocycles. The van der Waals surface area contributed by atoms with Crippen LogP contribution in [0.3, 0.4) is 0 Å². The molecule has 2 atom stereocenters.